The summed E-state index contributed by atoms with van der Waals surface area (Å²) >= 11 is 0. The van der Waals surface area contributed by atoms with Gasteiger partial charge in [0.05, 0.1) is 20.6 Å². The fourth-order valence-corrected chi connectivity index (χ4v) is 1.14. The molecule has 0 radical (unpaired) electrons. The van der Waals surface area contributed by atoms with Gasteiger partial charge in [0.1, 0.15) is 6.04 Å². The minimum atomic E-state index is 0. The molecule has 0 aromatic carbocycles. The van der Waals surface area contributed by atoms with Crippen LogP contribution < -0.4 is 17.0 Å². The van der Waals surface area contributed by atoms with Gasteiger partial charge in [-0.05, 0) is 13.0 Å². The van der Waals surface area contributed by atoms with E-state index in [0.29, 0.717) is 6.04 Å². The number of likely N-dealkylation sites (N-methyl/N-ethyl adjacent to an activating group) is 1. The Morgan fingerprint density at radius 2 is 2.00 bits per heavy atom. The highest BCUT2D eigenvalue weighted by Crippen LogP contribution is 2.13. The van der Waals surface area contributed by atoms with Gasteiger partial charge in [-0.2, -0.15) is 0 Å². The molecule has 1 heterocycles. The van der Waals surface area contributed by atoms with E-state index in [1.807, 2.05) is 0 Å². The second-order valence-electron chi connectivity index (χ2n) is 3.46. The summed E-state index contributed by atoms with van der Waals surface area (Å²) in [5.74, 6) is 0. The van der Waals surface area contributed by atoms with Crippen molar-refractivity contribution in [3.63, 3.8) is 0 Å². The second kappa shape index (κ2) is 3.54. The predicted molar refractivity (Wildman–Crippen MR) is 40.2 cm³/mol. The molecule has 0 saturated heterocycles. The molecule has 0 N–H and O–H groups in total. The minimum Gasteiger partial charge on any atom is -1.00 e. The molecule has 0 bridgehead atoms. The van der Waals surface area contributed by atoms with Crippen molar-refractivity contribution in [3.05, 3.63) is 12.2 Å². The second-order valence-corrected chi connectivity index (χ2v) is 3.46. The largest absolute Gasteiger partial charge is 1.00 e. The number of halogens is 1. The van der Waals surface area contributed by atoms with Gasteiger partial charge < -0.3 is 21.5 Å². The molecule has 0 fully saturated rings. The van der Waals surface area contributed by atoms with Crippen LogP contribution in [0.4, 0.5) is 0 Å². The molecular formula is C8H16BrN. The van der Waals surface area contributed by atoms with Crippen molar-refractivity contribution in [1.29, 1.82) is 0 Å². The summed E-state index contributed by atoms with van der Waals surface area (Å²) < 4.78 is 1.15. The minimum absolute atomic E-state index is 0. The Kier molecular flexibility index (Phi) is 3.60. The van der Waals surface area contributed by atoms with Gasteiger partial charge in [-0.1, -0.05) is 6.08 Å². The first kappa shape index (κ1) is 10.2. The molecule has 0 amide bonds. The lowest BCUT2D eigenvalue weighted by atomic mass is 10.1. The Labute approximate surface area is 74.1 Å². The van der Waals surface area contributed by atoms with Crippen molar-refractivity contribution in [2.24, 2.45) is 0 Å². The van der Waals surface area contributed by atoms with Crippen molar-refractivity contribution in [2.75, 3.05) is 20.6 Å². The summed E-state index contributed by atoms with van der Waals surface area (Å²) in [6.07, 6.45) is 5.84. The van der Waals surface area contributed by atoms with Gasteiger partial charge >= 0.3 is 0 Å². The summed E-state index contributed by atoms with van der Waals surface area (Å²) in [5.41, 5.74) is 0. The molecule has 0 aliphatic carbocycles. The van der Waals surface area contributed by atoms with E-state index in [0.717, 1.165) is 4.48 Å². The molecule has 1 nitrogen and oxygen atoms in total. The zero-order valence-electron chi connectivity index (χ0n) is 6.97. The van der Waals surface area contributed by atoms with Crippen LogP contribution in [0, 0.1) is 0 Å². The highest BCUT2D eigenvalue weighted by molar-refractivity contribution is 4.90. The van der Waals surface area contributed by atoms with Crippen molar-refractivity contribution in [1.82, 2.24) is 0 Å². The van der Waals surface area contributed by atoms with Gasteiger partial charge in [-0.15, -0.1) is 0 Å². The van der Waals surface area contributed by atoms with E-state index in [1.54, 1.807) is 0 Å². The summed E-state index contributed by atoms with van der Waals surface area (Å²) in [4.78, 5) is 0. The van der Waals surface area contributed by atoms with Gasteiger partial charge in [0.2, 0.25) is 0 Å². The van der Waals surface area contributed by atoms with Crippen LogP contribution in [-0.4, -0.2) is 31.2 Å². The molecule has 1 rings (SSSR count). The number of rotatable bonds is 0. The molecule has 10 heavy (non-hydrogen) atoms. The summed E-state index contributed by atoms with van der Waals surface area (Å²) in [6, 6.07) is 0.707. The van der Waals surface area contributed by atoms with Gasteiger partial charge in [-0.3, -0.25) is 0 Å². The third kappa shape index (κ3) is 2.10. The summed E-state index contributed by atoms with van der Waals surface area (Å²) in [7, 11) is 4.57. The Hall–Kier alpha value is 0.180. The van der Waals surface area contributed by atoms with Gasteiger partial charge in [-0.25, -0.2) is 0 Å². The lowest BCUT2D eigenvalue weighted by molar-refractivity contribution is -0.907. The van der Waals surface area contributed by atoms with E-state index < -0.39 is 0 Å². The molecule has 1 aliphatic heterocycles. The maximum Gasteiger partial charge on any atom is 0.104 e. The number of hydrogen-bond acceptors (Lipinski definition) is 0. The van der Waals surface area contributed by atoms with Gasteiger partial charge in [0, 0.05) is 6.42 Å². The molecule has 0 saturated carbocycles. The van der Waals surface area contributed by atoms with Crippen LogP contribution >= 0.6 is 0 Å². The van der Waals surface area contributed by atoms with E-state index >= 15 is 0 Å². The van der Waals surface area contributed by atoms with Crippen LogP contribution in [0.15, 0.2) is 12.2 Å². The van der Waals surface area contributed by atoms with E-state index in [2.05, 4.69) is 33.2 Å². The van der Waals surface area contributed by atoms with Gasteiger partial charge in [0.25, 0.3) is 0 Å². The van der Waals surface area contributed by atoms with E-state index in [9.17, 15) is 0 Å². The molecule has 1 aliphatic rings. The van der Waals surface area contributed by atoms with E-state index in [-0.39, 0.29) is 17.0 Å². The van der Waals surface area contributed by atoms with Crippen LogP contribution in [0.25, 0.3) is 0 Å². The van der Waals surface area contributed by atoms with Crippen molar-refractivity contribution in [3.8, 4) is 0 Å². The quantitative estimate of drug-likeness (QED) is 0.331. The lowest BCUT2D eigenvalue weighted by Gasteiger charge is -2.36. The molecule has 0 aromatic heterocycles. The third-order valence-electron chi connectivity index (χ3n) is 2.39. The average molecular weight is 206 g/mol. The molecule has 2 heteroatoms. The first-order valence-corrected chi connectivity index (χ1v) is 3.62. The highest BCUT2D eigenvalue weighted by atomic mass is 79.9. The topological polar surface area (TPSA) is 0 Å². The SMILES string of the molecule is CC1C=CCC[N+]1(C)C.[Br-]. The summed E-state index contributed by atoms with van der Waals surface area (Å²) in [6.45, 7) is 3.56. The molecular weight excluding hydrogens is 190 g/mol. The zero-order valence-corrected chi connectivity index (χ0v) is 8.56. The Morgan fingerprint density at radius 1 is 1.40 bits per heavy atom. The van der Waals surface area contributed by atoms with Crippen LogP contribution in [0.3, 0.4) is 0 Å². The first-order chi connectivity index (χ1) is 4.13. The maximum atomic E-state index is 2.31. The lowest BCUT2D eigenvalue weighted by Crippen LogP contribution is -3.00. The smallest absolute Gasteiger partial charge is 0.104 e. The average Bonchev–Trinajstić information content (AvgIpc) is 1.77. The van der Waals surface area contributed by atoms with Crippen LogP contribution in [0.1, 0.15) is 13.3 Å². The Bertz CT molecular complexity index is 129. The van der Waals surface area contributed by atoms with Crippen LogP contribution in [-0.2, 0) is 0 Å². The number of nitrogens with zero attached hydrogens (tertiary/aromatic N) is 1. The highest BCUT2D eigenvalue weighted by Gasteiger charge is 2.22. The van der Waals surface area contributed by atoms with Gasteiger partial charge in [0.15, 0.2) is 0 Å². The third-order valence-corrected chi connectivity index (χ3v) is 2.39. The fraction of sp³-hybridized carbons (Fsp3) is 0.750. The molecule has 0 aromatic rings. The van der Waals surface area contributed by atoms with E-state index in [4.69, 9.17) is 0 Å². The van der Waals surface area contributed by atoms with E-state index in [1.165, 1.54) is 13.0 Å². The molecule has 0 spiro atoms. The van der Waals surface area contributed by atoms with Crippen molar-refractivity contribution < 1.29 is 21.5 Å². The monoisotopic (exact) mass is 205 g/mol. The summed E-state index contributed by atoms with van der Waals surface area (Å²) in [5, 5.41) is 0. The molecule has 1 unspecified atom stereocenters. The van der Waals surface area contributed by atoms with Crippen LogP contribution in [0.2, 0.25) is 0 Å². The van der Waals surface area contributed by atoms with Crippen molar-refractivity contribution in [2.45, 2.75) is 19.4 Å². The normalized spacial score (nSPS) is 29.3. The predicted octanol–water partition coefficient (Wildman–Crippen LogP) is -1.58. The van der Waals surface area contributed by atoms with Crippen LogP contribution in [0.5, 0.6) is 0 Å². The maximum absolute atomic E-state index is 2.31. The number of hydrogen-bond donors (Lipinski definition) is 0. The molecule has 1 atom stereocenters. The zero-order chi connectivity index (χ0) is 6.91. The molecule has 60 valence electrons. The fourth-order valence-electron chi connectivity index (χ4n) is 1.14. The Balaban J connectivity index is 0.000000810. The first-order valence-electron chi connectivity index (χ1n) is 3.62. The van der Waals surface area contributed by atoms with Crippen molar-refractivity contribution >= 4 is 0 Å². The Morgan fingerprint density at radius 3 is 2.30 bits per heavy atom. The number of quaternary nitrogens is 1. The standard InChI is InChI=1S/C8H16N.BrH/c1-8-6-4-5-7-9(8,2)3;/h4,6,8H,5,7H2,1-3H3;1H/q+1;/p-1.